The van der Waals surface area contributed by atoms with Crippen molar-refractivity contribution in [3.63, 3.8) is 0 Å². The van der Waals surface area contributed by atoms with Gasteiger partial charge in [-0.15, -0.1) is 0 Å². The molecule has 4 rings (SSSR count). The Morgan fingerprint density at radius 3 is 2.57 bits per heavy atom. The molecular formula is C22H35BO5. The van der Waals surface area contributed by atoms with E-state index in [2.05, 4.69) is 6.92 Å². The highest BCUT2D eigenvalue weighted by atomic mass is 16.5. The molecule has 4 saturated carbocycles. The van der Waals surface area contributed by atoms with Crippen LogP contribution in [0.1, 0.15) is 65.2 Å². The van der Waals surface area contributed by atoms with Crippen molar-refractivity contribution in [1.82, 2.24) is 0 Å². The lowest BCUT2D eigenvalue weighted by Crippen LogP contribution is -2.61. The van der Waals surface area contributed by atoms with Crippen molar-refractivity contribution < 1.29 is 24.9 Å². The lowest BCUT2D eigenvalue weighted by atomic mass is 9.44. The zero-order chi connectivity index (χ0) is 20.3. The van der Waals surface area contributed by atoms with E-state index in [0.717, 1.165) is 32.1 Å². The summed E-state index contributed by atoms with van der Waals surface area (Å²) in [4.78, 5) is 12.0. The Labute approximate surface area is 169 Å². The second kappa shape index (κ2) is 7.28. The molecule has 5 nitrogen and oxygen atoms in total. The molecule has 4 unspecified atom stereocenters. The first kappa shape index (κ1) is 20.7. The topological polar surface area (TPSA) is 87.0 Å². The molecule has 0 heterocycles. The van der Waals surface area contributed by atoms with Crippen molar-refractivity contribution in [1.29, 1.82) is 0 Å². The smallest absolute Gasteiger partial charge is 0.305 e. The van der Waals surface area contributed by atoms with E-state index < -0.39 is 6.10 Å². The van der Waals surface area contributed by atoms with Crippen LogP contribution < -0.4 is 0 Å². The van der Waals surface area contributed by atoms with Crippen LogP contribution in [0.25, 0.3) is 0 Å². The molecule has 0 spiro atoms. The van der Waals surface area contributed by atoms with E-state index >= 15 is 0 Å². The van der Waals surface area contributed by atoms with E-state index in [1.54, 1.807) is 6.92 Å². The van der Waals surface area contributed by atoms with Gasteiger partial charge in [-0.1, -0.05) is 20.3 Å². The second-order valence-electron chi connectivity index (χ2n) is 10.3. The minimum Gasteiger partial charge on any atom is -0.462 e. The van der Waals surface area contributed by atoms with Crippen LogP contribution in [-0.4, -0.2) is 54.1 Å². The first-order valence-corrected chi connectivity index (χ1v) is 11.2. The lowest BCUT2D eigenvalue weighted by molar-refractivity contribution is -0.199. The monoisotopic (exact) mass is 390 g/mol. The number of aliphatic hydroxyl groups excluding tert-OH is 3. The maximum absolute atomic E-state index is 12.0. The van der Waals surface area contributed by atoms with E-state index in [1.807, 2.05) is 0 Å². The van der Waals surface area contributed by atoms with Gasteiger partial charge in [-0.25, -0.2) is 0 Å². The van der Waals surface area contributed by atoms with Crippen LogP contribution >= 0.6 is 0 Å². The highest BCUT2D eigenvalue weighted by molar-refractivity contribution is 6.12. The maximum atomic E-state index is 12.0. The third-order valence-corrected chi connectivity index (χ3v) is 9.20. The molecule has 3 N–H and O–H groups in total. The van der Waals surface area contributed by atoms with Crippen LogP contribution in [0.15, 0.2) is 0 Å². The number of fused-ring (bicyclic) bond motifs is 5. The van der Waals surface area contributed by atoms with Crippen LogP contribution in [0.2, 0.25) is 5.82 Å². The van der Waals surface area contributed by atoms with Gasteiger partial charge in [0.2, 0.25) is 0 Å². The van der Waals surface area contributed by atoms with Gasteiger partial charge >= 0.3 is 5.97 Å². The fourth-order valence-electron chi connectivity index (χ4n) is 7.82. The lowest BCUT2D eigenvalue weighted by Gasteiger charge is -2.62. The summed E-state index contributed by atoms with van der Waals surface area (Å²) in [6.07, 6.45) is 4.72. The van der Waals surface area contributed by atoms with Crippen molar-refractivity contribution in [2.75, 3.05) is 6.61 Å². The molecule has 28 heavy (non-hydrogen) atoms. The molecule has 4 fully saturated rings. The third kappa shape index (κ3) is 2.89. The van der Waals surface area contributed by atoms with Crippen molar-refractivity contribution in [2.24, 2.45) is 34.5 Å². The normalized spacial score (nSPS) is 53.0. The third-order valence-electron chi connectivity index (χ3n) is 9.20. The summed E-state index contributed by atoms with van der Waals surface area (Å²) in [5.74, 6) is 0.278. The van der Waals surface area contributed by atoms with Gasteiger partial charge in [-0.05, 0) is 73.4 Å². The second-order valence-corrected chi connectivity index (χ2v) is 10.3. The van der Waals surface area contributed by atoms with Crippen LogP contribution in [-0.2, 0) is 9.53 Å². The number of hydrogen-bond acceptors (Lipinski definition) is 5. The van der Waals surface area contributed by atoms with Crippen LogP contribution in [0.5, 0.6) is 0 Å². The van der Waals surface area contributed by atoms with Gasteiger partial charge in [0.15, 0.2) is 0 Å². The van der Waals surface area contributed by atoms with Crippen LogP contribution in [0.4, 0.5) is 0 Å². The Balaban J connectivity index is 1.65. The average molecular weight is 390 g/mol. The molecule has 0 saturated heterocycles. The van der Waals surface area contributed by atoms with E-state index in [0.29, 0.717) is 19.3 Å². The Hall–Kier alpha value is -0.585. The Morgan fingerprint density at radius 2 is 1.89 bits per heavy atom. The summed E-state index contributed by atoms with van der Waals surface area (Å²) < 4.78 is 5.80. The van der Waals surface area contributed by atoms with Gasteiger partial charge < -0.3 is 20.1 Å². The minimum absolute atomic E-state index is 0.0776. The molecule has 10 atom stereocenters. The molecule has 0 aromatic rings. The number of aliphatic hydroxyl groups is 3. The molecule has 0 amide bonds. The van der Waals surface area contributed by atoms with Gasteiger partial charge in [0, 0.05) is 18.4 Å². The van der Waals surface area contributed by atoms with E-state index in [1.165, 1.54) is 0 Å². The van der Waals surface area contributed by atoms with Crippen LogP contribution in [0, 0.1) is 34.5 Å². The summed E-state index contributed by atoms with van der Waals surface area (Å²) in [5, 5.41) is 31.9. The van der Waals surface area contributed by atoms with Gasteiger partial charge in [0.1, 0.15) is 6.10 Å². The molecular weight excluding hydrogens is 355 g/mol. The highest BCUT2D eigenvalue weighted by Crippen LogP contribution is 2.67. The van der Waals surface area contributed by atoms with Crippen LogP contribution in [0.3, 0.4) is 0 Å². The number of rotatable bonds is 3. The standard InChI is InChI=1S/C22H35BO5/c1-3-18(27)28-20-16(23)10-15-19-14(5-6-21(15,20)2)22(11-24)7-4-13(25)8-12(22)9-17(19)26/h12-17,19-20,24-26H,3-11H2,1-2H3/t12?,13-,14?,15?,16+,17-,19?,20-,21-,22+/m0/s1. The summed E-state index contributed by atoms with van der Waals surface area (Å²) in [6.45, 7) is 4.11. The van der Waals surface area contributed by atoms with Gasteiger partial charge in [0.05, 0.1) is 20.1 Å². The molecule has 6 heteroatoms. The van der Waals surface area contributed by atoms with Crippen molar-refractivity contribution in [2.45, 2.75) is 89.3 Å². The zero-order valence-corrected chi connectivity index (χ0v) is 17.2. The molecule has 0 aliphatic heterocycles. The molecule has 0 aromatic carbocycles. The predicted octanol–water partition coefficient (Wildman–Crippen LogP) is 2.22. The molecule has 4 aliphatic carbocycles. The van der Waals surface area contributed by atoms with Gasteiger partial charge in [-0.3, -0.25) is 4.79 Å². The zero-order valence-electron chi connectivity index (χ0n) is 17.2. The minimum atomic E-state index is -0.447. The number of ether oxygens (including phenoxy) is 1. The van der Waals surface area contributed by atoms with Crippen molar-refractivity contribution >= 4 is 13.8 Å². The maximum Gasteiger partial charge on any atom is 0.305 e. The predicted molar refractivity (Wildman–Crippen MR) is 106 cm³/mol. The SMILES string of the molecule is [B][C@@H]1CC2C3C(CC[C@]2(C)[C@H]1OC(=O)CC)[C@@]1(CO)CC[C@H](O)CC1C[C@@H]3O. The van der Waals surface area contributed by atoms with E-state index in [-0.39, 0.29) is 65.1 Å². The molecule has 0 aromatic heterocycles. The summed E-state index contributed by atoms with van der Waals surface area (Å²) >= 11 is 0. The van der Waals surface area contributed by atoms with Crippen molar-refractivity contribution in [3.05, 3.63) is 0 Å². The number of hydrogen-bond donors (Lipinski definition) is 3. The first-order valence-electron chi connectivity index (χ1n) is 11.2. The van der Waals surface area contributed by atoms with E-state index in [4.69, 9.17) is 12.6 Å². The summed E-state index contributed by atoms with van der Waals surface area (Å²) in [7, 11) is 6.47. The van der Waals surface area contributed by atoms with Gasteiger partial charge in [0.25, 0.3) is 0 Å². The first-order chi connectivity index (χ1) is 13.3. The Morgan fingerprint density at radius 1 is 1.14 bits per heavy atom. The summed E-state index contributed by atoms with van der Waals surface area (Å²) in [6, 6.07) is 0. The highest BCUT2D eigenvalue weighted by Gasteiger charge is 2.65. The van der Waals surface area contributed by atoms with Crippen molar-refractivity contribution in [3.8, 4) is 0 Å². The van der Waals surface area contributed by atoms with Gasteiger partial charge in [-0.2, -0.15) is 0 Å². The fourth-order valence-corrected chi connectivity index (χ4v) is 7.82. The Bertz CT molecular complexity index is 614. The van der Waals surface area contributed by atoms with E-state index in [9.17, 15) is 20.1 Å². The quantitative estimate of drug-likeness (QED) is 0.508. The average Bonchev–Trinajstić information content (AvgIpc) is 2.92. The number of carbonyl (C=O) groups is 1. The Kier molecular flexibility index (Phi) is 5.38. The summed E-state index contributed by atoms with van der Waals surface area (Å²) in [5.41, 5.74) is -0.420. The largest absolute Gasteiger partial charge is 0.462 e. The molecule has 0 bridgehead atoms. The molecule has 4 aliphatic rings. The molecule has 156 valence electrons. The fraction of sp³-hybridized carbons (Fsp3) is 0.955. The molecule has 2 radical (unpaired) electrons. The number of esters is 1. The number of carbonyl (C=O) groups excluding carboxylic acids is 1.